The SMILES string of the molecule is CSC[C@H](N)C(=O)O.O=C(O)CCC(=O)CCC(=O)NCCCCCCn1nc(-c2ccc(NC(=O)N3Cc4ccncc4C3)cc2)cc(-c2cccc3ncccc23)c1=O. The lowest BCUT2D eigenvalue weighted by Gasteiger charge is -2.17. The van der Waals surface area contributed by atoms with Crippen molar-refractivity contribution in [3.8, 4) is 22.4 Å². The molecule has 0 aliphatic carbocycles. The Hall–Kier alpha value is -6.46. The summed E-state index contributed by atoms with van der Waals surface area (Å²) >= 11 is 1.43. The highest BCUT2D eigenvalue weighted by Gasteiger charge is 2.23. The number of carboxylic acid groups (broad SMARTS) is 2. The first kappa shape index (κ1) is 45.6. The van der Waals surface area contributed by atoms with Crippen LogP contribution >= 0.6 is 11.8 Å². The fourth-order valence-corrected chi connectivity index (χ4v) is 7.09. The van der Waals surface area contributed by atoms with E-state index in [1.165, 1.54) is 16.4 Å². The van der Waals surface area contributed by atoms with Gasteiger partial charge in [0.1, 0.15) is 11.8 Å². The molecule has 61 heavy (non-hydrogen) atoms. The van der Waals surface area contributed by atoms with E-state index in [2.05, 4.69) is 20.6 Å². The molecule has 320 valence electrons. The molecule has 3 amide bonds. The van der Waals surface area contributed by atoms with Gasteiger partial charge in [0.25, 0.3) is 5.56 Å². The summed E-state index contributed by atoms with van der Waals surface area (Å²) in [5, 5.41) is 28.3. The van der Waals surface area contributed by atoms with Crippen molar-refractivity contribution in [3.63, 3.8) is 0 Å². The fourth-order valence-electron chi connectivity index (χ4n) is 6.59. The molecule has 0 saturated heterocycles. The Labute approximate surface area is 357 Å². The van der Waals surface area contributed by atoms with Gasteiger partial charge in [0.15, 0.2) is 0 Å². The van der Waals surface area contributed by atoms with Crippen LogP contribution < -0.4 is 21.9 Å². The minimum atomic E-state index is -1.03. The van der Waals surface area contributed by atoms with Crippen molar-refractivity contribution in [3.05, 3.63) is 107 Å². The number of nitrogens with two attached hydrogens (primary N) is 1. The van der Waals surface area contributed by atoms with E-state index in [0.29, 0.717) is 55.3 Å². The molecule has 1 aliphatic heterocycles. The molecule has 0 radical (unpaired) electrons. The zero-order chi connectivity index (χ0) is 43.7. The van der Waals surface area contributed by atoms with Crippen molar-refractivity contribution in [2.24, 2.45) is 5.73 Å². The van der Waals surface area contributed by atoms with Gasteiger partial charge in [0.05, 0.1) is 23.2 Å². The molecule has 4 heterocycles. The molecular formula is C44H50N8O8S. The van der Waals surface area contributed by atoms with Crippen LogP contribution in [0, 0.1) is 0 Å². The number of thioether (sulfide) groups is 1. The van der Waals surface area contributed by atoms with Crippen LogP contribution in [0.15, 0.2) is 90.1 Å². The maximum Gasteiger partial charge on any atom is 0.322 e. The highest BCUT2D eigenvalue weighted by molar-refractivity contribution is 7.98. The number of nitrogens with zero attached hydrogens (tertiary/aromatic N) is 5. The van der Waals surface area contributed by atoms with Gasteiger partial charge >= 0.3 is 18.0 Å². The molecule has 0 fully saturated rings. The molecule has 0 spiro atoms. The Balaban J connectivity index is 0.000000800. The number of unbranched alkanes of at least 4 members (excludes halogenated alkanes) is 3. The van der Waals surface area contributed by atoms with E-state index in [9.17, 15) is 28.8 Å². The minimum absolute atomic E-state index is 0.0323. The molecule has 6 rings (SSSR count). The van der Waals surface area contributed by atoms with Crippen LogP contribution in [-0.4, -0.2) is 89.1 Å². The molecule has 1 atom stereocenters. The fraction of sp³-hybridized carbons (Fsp3) is 0.341. The third kappa shape index (κ3) is 13.5. The first-order chi connectivity index (χ1) is 29.4. The summed E-state index contributed by atoms with van der Waals surface area (Å²) < 4.78 is 1.51. The second-order valence-electron chi connectivity index (χ2n) is 14.5. The summed E-state index contributed by atoms with van der Waals surface area (Å²) in [5.74, 6) is -1.95. The maximum atomic E-state index is 13.9. The van der Waals surface area contributed by atoms with E-state index in [0.717, 1.165) is 52.4 Å². The molecule has 6 N–H and O–H groups in total. The van der Waals surface area contributed by atoms with Crippen molar-refractivity contribution in [1.29, 1.82) is 0 Å². The molecule has 1 aliphatic rings. The van der Waals surface area contributed by atoms with Crippen LogP contribution in [0.4, 0.5) is 10.5 Å². The summed E-state index contributed by atoms with van der Waals surface area (Å²) in [4.78, 5) is 81.7. The second-order valence-corrected chi connectivity index (χ2v) is 15.4. The maximum absolute atomic E-state index is 13.9. The number of aliphatic carboxylic acids is 2. The van der Waals surface area contributed by atoms with Crippen molar-refractivity contribution in [1.82, 2.24) is 30.0 Å². The van der Waals surface area contributed by atoms with Gasteiger partial charge < -0.3 is 31.5 Å². The van der Waals surface area contributed by atoms with E-state index in [4.69, 9.17) is 21.0 Å². The number of carboxylic acids is 2. The number of hydrogen-bond donors (Lipinski definition) is 5. The second kappa shape index (κ2) is 22.8. The highest BCUT2D eigenvalue weighted by atomic mass is 32.2. The molecule has 0 unspecified atom stereocenters. The number of carbonyl (C=O) groups excluding carboxylic acids is 3. The Morgan fingerprint density at radius 3 is 2.33 bits per heavy atom. The molecule has 5 aromatic rings. The van der Waals surface area contributed by atoms with Gasteiger partial charge in [-0.1, -0.05) is 43.2 Å². The number of anilines is 1. The number of hydrogen-bond acceptors (Lipinski definition) is 11. The van der Waals surface area contributed by atoms with Gasteiger partial charge in [-0.05, 0) is 72.2 Å². The number of nitrogens with one attached hydrogen (secondary N) is 2. The number of Topliss-reactive ketones (excluding diaryl/α,β-unsaturated/α-hetero) is 1. The number of aromatic nitrogens is 4. The Bertz CT molecular complexity index is 2360. The predicted molar refractivity (Wildman–Crippen MR) is 234 cm³/mol. The average Bonchev–Trinajstić information content (AvgIpc) is 3.70. The number of urea groups is 1. The van der Waals surface area contributed by atoms with E-state index in [-0.39, 0.29) is 49.0 Å². The molecule has 16 nitrogen and oxygen atoms in total. The zero-order valence-corrected chi connectivity index (χ0v) is 34.7. The number of rotatable bonds is 19. The van der Waals surface area contributed by atoms with Crippen LogP contribution in [0.3, 0.4) is 0 Å². The molecule has 0 saturated carbocycles. The first-order valence-electron chi connectivity index (χ1n) is 20.0. The normalized spacial score (nSPS) is 12.2. The predicted octanol–water partition coefficient (Wildman–Crippen LogP) is 5.72. The number of fused-ring (bicyclic) bond motifs is 2. The summed E-state index contributed by atoms with van der Waals surface area (Å²) in [6, 6.07) is 19.8. The number of pyridine rings is 2. The lowest BCUT2D eigenvalue weighted by atomic mass is 10.00. The largest absolute Gasteiger partial charge is 0.481 e. The van der Waals surface area contributed by atoms with Crippen molar-refractivity contribution in [2.75, 3.05) is 23.9 Å². The van der Waals surface area contributed by atoms with E-state index < -0.39 is 18.0 Å². The van der Waals surface area contributed by atoms with Crippen molar-refractivity contribution >= 4 is 58.0 Å². The van der Waals surface area contributed by atoms with Crippen LogP contribution in [0.1, 0.15) is 62.5 Å². The summed E-state index contributed by atoms with van der Waals surface area (Å²) in [7, 11) is 0. The molecule has 17 heteroatoms. The number of ketones is 1. The third-order valence-corrected chi connectivity index (χ3v) is 10.6. The number of benzene rings is 2. The highest BCUT2D eigenvalue weighted by Crippen LogP contribution is 2.29. The number of amides is 3. The quantitative estimate of drug-likeness (QED) is 0.0626. The van der Waals surface area contributed by atoms with Crippen molar-refractivity contribution in [2.45, 2.75) is 77.0 Å². The third-order valence-electron chi connectivity index (χ3n) is 9.89. The molecule has 2 aromatic carbocycles. The minimum Gasteiger partial charge on any atom is -0.481 e. The van der Waals surface area contributed by atoms with Gasteiger partial charge in [0.2, 0.25) is 5.91 Å². The molecule has 0 bridgehead atoms. The lowest BCUT2D eigenvalue weighted by Crippen LogP contribution is -2.32. The Morgan fingerprint density at radius 1 is 0.852 bits per heavy atom. The zero-order valence-electron chi connectivity index (χ0n) is 33.9. The van der Waals surface area contributed by atoms with E-state index >= 15 is 0 Å². The summed E-state index contributed by atoms with van der Waals surface area (Å²) in [6.45, 7) is 1.89. The monoisotopic (exact) mass is 850 g/mol. The van der Waals surface area contributed by atoms with Gasteiger partial charge in [-0.2, -0.15) is 16.9 Å². The van der Waals surface area contributed by atoms with Gasteiger partial charge in [-0.3, -0.25) is 33.9 Å². The standard InChI is InChI=1S/C40H41N7O6.C4H9NO2S/c48-31(15-17-38(50)51)14-16-37(49)43-19-3-1-2-4-22-47-39(52)34(32-7-5-9-35-33(32)8-6-20-42-35)23-36(45-47)27-10-12-30(13-11-27)44-40(53)46-25-28-18-21-41-24-29(28)26-46;1-8-2-3(5)4(6)7/h5-13,18,20-21,23-24H,1-4,14-17,19,22,25-26H2,(H,43,49)(H,44,53)(H,50,51);3H,2,5H2,1H3,(H,6,7)/t;3-/m.0/s1. The van der Waals surface area contributed by atoms with E-state index in [1.807, 2.05) is 73.0 Å². The Kier molecular flexibility index (Phi) is 17.0. The van der Waals surface area contributed by atoms with Gasteiger partial charge in [0, 0.05) is 86.4 Å². The van der Waals surface area contributed by atoms with Crippen molar-refractivity contribution < 1.29 is 34.2 Å². The van der Waals surface area contributed by atoms with Crippen LogP contribution in [0.2, 0.25) is 0 Å². The number of carbonyl (C=O) groups is 5. The van der Waals surface area contributed by atoms with Gasteiger partial charge in [-0.15, -0.1) is 0 Å². The molecule has 3 aromatic heterocycles. The van der Waals surface area contributed by atoms with E-state index in [1.54, 1.807) is 23.5 Å². The lowest BCUT2D eigenvalue weighted by molar-refractivity contribution is -0.139. The molecular weight excluding hydrogens is 801 g/mol. The summed E-state index contributed by atoms with van der Waals surface area (Å²) in [5.41, 5.74) is 11.1. The summed E-state index contributed by atoms with van der Waals surface area (Å²) in [6.07, 6.45) is 9.91. The first-order valence-corrected chi connectivity index (χ1v) is 21.3. The van der Waals surface area contributed by atoms with Crippen LogP contribution in [0.25, 0.3) is 33.3 Å². The Morgan fingerprint density at radius 2 is 1.61 bits per heavy atom. The number of aryl methyl sites for hydroxylation is 1. The average molecular weight is 851 g/mol. The van der Waals surface area contributed by atoms with Crippen LogP contribution in [0.5, 0.6) is 0 Å². The van der Waals surface area contributed by atoms with Crippen LogP contribution in [-0.2, 0) is 38.8 Å². The topological polar surface area (TPSA) is 240 Å². The van der Waals surface area contributed by atoms with Gasteiger partial charge in [-0.25, -0.2) is 9.48 Å². The smallest absolute Gasteiger partial charge is 0.322 e.